The van der Waals surface area contributed by atoms with E-state index in [1.165, 1.54) is 17.4 Å². The Morgan fingerprint density at radius 2 is 1.76 bits per heavy atom. The molecule has 8 heteroatoms. The van der Waals surface area contributed by atoms with E-state index in [0.717, 1.165) is 42.8 Å². The molecular formula is C21H23N5O2S. The molecular weight excluding hydrogens is 386 g/mol. The third-order valence-corrected chi connectivity index (χ3v) is 5.66. The van der Waals surface area contributed by atoms with Crippen LogP contribution in [0.15, 0.2) is 70.3 Å². The second-order valence-corrected chi connectivity index (χ2v) is 7.68. The first-order chi connectivity index (χ1) is 14.3. The fourth-order valence-corrected chi connectivity index (χ4v) is 3.82. The van der Waals surface area contributed by atoms with Gasteiger partial charge in [-0.15, -0.1) is 10.2 Å². The third-order valence-electron chi connectivity index (χ3n) is 4.74. The molecule has 1 aliphatic heterocycles. The van der Waals surface area contributed by atoms with E-state index in [1.54, 1.807) is 12.3 Å². The highest BCUT2D eigenvalue weighted by atomic mass is 32.2. The molecule has 1 amide bonds. The molecule has 1 aliphatic rings. The van der Waals surface area contributed by atoms with Crippen molar-refractivity contribution in [1.29, 1.82) is 0 Å². The third kappa shape index (κ3) is 5.29. The van der Waals surface area contributed by atoms with E-state index in [2.05, 4.69) is 49.6 Å². The molecule has 150 valence electrons. The van der Waals surface area contributed by atoms with Gasteiger partial charge in [-0.2, -0.15) is 0 Å². The number of hydrogen-bond acceptors (Lipinski definition) is 7. The molecule has 0 aliphatic carbocycles. The molecule has 4 rings (SSSR count). The largest absolute Gasteiger partial charge is 0.467 e. The van der Waals surface area contributed by atoms with Crippen molar-refractivity contribution in [3.8, 4) is 0 Å². The zero-order chi connectivity index (χ0) is 19.9. The second-order valence-electron chi connectivity index (χ2n) is 6.68. The van der Waals surface area contributed by atoms with Gasteiger partial charge in [-0.3, -0.25) is 4.79 Å². The summed E-state index contributed by atoms with van der Waals surface area (Å²) in [6, 6.07) is 18.0. The lowest BCUT2D eigenvalue weighted by Crippen LogP contribution is -2.46. The minimum Gasteiger partial charge on any atom is -0.467 e. The van der Waals surface area contributed by atoms with E-state index >= 15 is 0 Å². The summed E-state index contributed by atoms with van der Waals surface area (Å²) in [4.78, 5) is 16.6. The summed E-state index contributed by atoms with van der Waals surface area (Å²) in [5.74, 6) is 1.85. The Morgan fingerprint density at radius 3 is 2.45 bits per heavy atom. The number of carbonyl (C=O) groups excluding carboxylic acids is 1. The number of carbonyl (C=O) groups is 1. The number of para-hydroxylation sites is 1. The molecule has 1 N–H and O–H groups in total. The van der Waals surface area contributed by atoms with E-state index in [9.17, 15) is 4.79 Å². The van der Waals surface area contributed by atoms with Crippen LogP contribution in [0.3, 0.4) is 0 Å². The maximum absolute atomic E-state index is 11.9. The summed E-state index contributed by atoms with van der Waals surface area (Å²) >= 11 is 1.38. The predicted molar refractivity (Wildman–Crippen MR) is 114 cm³/mol. The van der Waals surface area contributed by atoms with Crippen molar-refractivity contribution in [2.24, 2.45) is 0 Å². The Balaban J connectivity index is 1.22. The van der Waals surface area contributed by atoms with E-state index in [4.69, 9.17) is 4.42 Å². The van der Waals surface area contributed by atoms with Gasteiger partial charge in [0.25, 0.3) is 0 Å². The number of furan rings is 1. The van der Waals surface area contributed by atoms with E-state index in [-0.39, 0.29) is 5.91 Å². The smallest absolute Gasteiger partial charge is 0.230 e. The molecule has 0 saturated carbocycles. The Morgan fingerprint density at radius 1 is 0.966 bits per heavy atom. The fourth-order valence-electron chi connectivity index (χ4n) is 3.18. The molecule has 0 atom stereocenters. The lowest BCUT2D eigenvalue weighted by molar-refractivity contribution is -0.118. The molecule has 0 bridgehead atoms. The first-order valence-corrected chi connectivity index (χ1v) is 10.6. The summed E-state index contributed by atoms with van der Waals surface area (Å²) in [6.07, 6.45) is 1.59. The quantitative estimate of drug-likeness (QED) is 0.602. The summed E-state index contributed by atoms with van der Waals surface area (Å²) in [7, 11) is 0. The van der Waals surface area contributed by atoms with Gasteiger partial charge in [0.05, 0.1) is 18.6 Å². The number of nitrogens with one attached hydrogen (secondary N) is 1. The maximum atomic E-state index is 11.9. The van der Waals surface area contributed by atoms with E-state index in [0.29, 0.717) is 12.3 Å². The highest BCUT2D eigenvalue weighted by Gasteiger charge is 2.18. The van der Waals surface area contributed by atoms with Gasteiger partial charge in [0.1, 0.15) is 10.8 Å². The van der Waals surface area contributed by atoms with Gasteiger partial charge >= 0.3 is 0 Å². The van der Waals surface area contributed by atoms with Gasteiger partial charge in [-0.1, -0.05) is 30.0 Å². The Hall–Kier alpha value is -3.00. The van der Waals surface area contributed by atoms with Gasteiger partial charge in [-0.05, 0) is 36.4 Å². The van der Waals surface area contributed by atoms with Gasteiger partial charge < -0.3 is 19.5 Å². The predicted octanol–water partition coefficient (Wildman–Crippen LogP) is 2.80. The molecule has 29 heavy (non-hydrogen) atoms. The number of aromatic nitrogens is 2. The molecule has 0 spiro atoms. The normalized spacial score (nSPS) is 14.1. The number of anilines is 2. The summed E-state index contributed by atoms with van der Waals surface area (Å²) in [5.41, 5.74) is 1.26. The number of hydrogen-bond donors (Lipinski definition) is 1. The Labute approximate surface area is 174 Å². The maximum Gasteiger partial charge on any atom is 0.230 e. The van der Waals surface area contributed by atoms with Crippen molar-refractivity contribution < 1.29 is 9.21 Å². The second kappa shape index (κ2) is 9.47. The van der Waals surface area contributed by atoms with Crippen LogP contribution in [0.2, 0.25) is 0 Å². The van der Waals surface area contributed by atoms with Gasteiger partial charge in [-0.25, -0.2) is 0 Å². The Bertz CT molecular complexity index is 895. The number of rotatable bonds is 7. The number of nitrogens with zero attached hydrogens (tertiary/aromatic N) is 4. The molecule has 1 aromatic carbocycles. The molecule has 0 unspecified atom stereocenters. The molecule has 3 aromatic rings. The molecule has 0 radical (unpaired) electrons. The first kappa shape index (κ1) is 19.3. The van der Waals surface area contributed by atoms with Crippen LogP contribution < -0.4 is 15.1 Å². The van der Waals surface area contributed by atoms with Crippen molar-refractivity contribution in [2.75, 3.05) is 41.7 Å². The average Bonchev–Trinajstić information content (AvgIpc) is 3.31. The van der Waals surface area contributed by atoms with Crippen LogP contribution in [0.25, 0.3) is 0 Å². The lowest BCUT2D eigenvalue weighted by Gasteiger charge is -2.36. The van der Waals surface area contributed by atoms with Crippen LogP contribution in [0, 0.1) is 0 Å². The topological polar surface area (TPSA) is 74.5 Å². The molecule has 3 heterocycles. The van der Waals surface area contributed by atoms with Crippen LogP contribution >= 0.6 is 11.8 Å². The van der Waals surface area contributed by atoms with Crippen molar-refractivity contribution in [1.82, 2.24) is 15.5 Å². The number of amides is 1. The van der Waals surface area contributed by atoms with Gasteiger partial charge in [0, 0.05) is 31.9 Å². The van der Waals surface area contributed by atoms with E-state index in [1.807, 2.05) is 24.3 Å². The summed E-state index contributed by atoms with van der Waals surface area (Å²) in [5, 5.41) is 12.2. The van der Waals surface area contributed by atoms with Crippen molar-refractivity contribution in [3.05, 3.63) is 66.6 Å². The van der Waals surface area contributed by atoms with Gasteiger partial charge in [0.15, 0.2) is 5.82 Å². The molecule has 1 saturated heterocycles. The highest BCUT2D eigenvalue weighted by Crippen LogP contribution is 2.20. The zero-order valence-electron chi connectivity index (χ0n) is 16.0. The molecule has 2 aromatic heterocycles. The average molecular weight is 410 g/mol. The van der Waals surface area contributed by atoms with E-state index < -0.39 is 0 Å². The standard InChI is InChI=1S/C21H23N5O2S/c27-20(22-15-18-7-4-14-28-18)16-29-21-9-8-19(23-24-21)26-12-10-25(11-13-26)17-5-2-1-3-6-17/h1-9,14H,10-13,15-16H2,(H,22,27). The van der Waals surface area contributed by atoms with Crippen LogP contribution in [-0.2, 0) is 11.3 Å². The van der Waals surface area contributed by atoms with Crippen LogP contribution in [0.1, 0.15) is 5.76 Å². The summed E-state index contributed by atoms with van der Waals surface area (Å²) < 4.78 is 5.20. The lowest BCUT2D eigenvalue weighted by atomic mass is 10.2. The monoisotopic (exact) mass is 409 g/mol. The minimum absolute atomic E-state index is 0.0608. The number of benzene rings is 1. The van der Waals surface area contributed by atoms with Crippen molar-refractivity contribution >= 4 is 29.2 Å². The van der Waals surface area contributed by atoms with Gasteiger partial charge in [0.2, 0.25) is 5.91 Å². The first-order valence-electron chi connectivity index (χ1n) is 9.58. The summed E-state index contributed by atoms with van der Waals surface area (Å²) in [6.45, 7) is 4.12. The van der Waals surface area contributed by atoms with Crippen molar-refractivity contribution in [2.45, 2.75) is 11.6 Å². The van der Waals surface area contributed by atoms with Crippen LogP contribution in [0.5, 0.6) is 0 Å². The van der Waals surface area contributed by atoms with Crippen LogP contribution in [-0.4, -0.2) is 48.0 Å². The zero-order valence-corrected chi connectivity index (χ0v) is 16.8. The minimum atomic E-state index is -0.0608. The fraction of sp³-hybridized carbons (Fsp3) is 0.286. The Kier molecular flexibility index (Phi) is 6.31. The SMILES string of the molecule is O=C(CSc1ccc(N2CCN(c3ccccc3)CC2)nn1)NCc1ccco1. The molecule has 1 fully saturated rings. The van der Waals surface area contributed by atoms with Crippen molar-refractivity contribution in [3.63, 3.8) is 0 Å². The number of thioether (sulfide) groups is 1. The molecule has 7 nitrogen and oxygen atoms in total. The number of piperazine rings is 1. The highest BCUT2D eigenvalue weighted by molar-refractivity contribution is 7.99. The van der Waals surface area contributed by atoms with Crippen LogP contribution in [0.4, 0.5) is 11.5 Å².